The molecule has 28 heavy (non-hydrogen) atoms. The molecule has 3 aromatic rings. The Balaban J connectivity index is 1.58. The van der Waals surface area contributed by atoms with Gasteiger partial charge in [0.15, 0.2) is 0 Å². The van der Waals surface area contributed by atoms with Crippen LogP contribution in [0.1, 0.15) is 48.8 Å². The van der Waals surface area contributed by atoms with Crippen molar-refractivity contribution in [3.05, 3.63) is 51.8 Å². The predicted molar refractivity (Wildman–Crippen MR) is 96.4 cm³/mol. The van der Waals surface area contributed by atoms with E-state index >= 15 is 0 Å². The molecule has 5 rings (SSSR count). The summed E-state index contributed by atoms with van der Waals surface area (Å²) in [6.07, 6.45) is 3.13. The van der Waals surface area contributed by atoms with Crippen LogP contribution >= 0.6 is 0 Å². The van der Waals surface area contributed by atoms with E-state index in [0.717, 1.165) is 30.5 Å². The van der Waals surface area contributed by atoms with Crippen LogP contribution in [0.4, 0.5) is 13.2 Å². The molecule has 1 fully saturated rings. The topological polar surface area (TPSA) is 65.6 Å². The van der Waals surface area contributed by atoms with Crippen molar-refractivity contribution in [3.63, 3.8) is 0 Å². The number of aromatic nitrogens is 5. The highest BCUT2D eigenvalue weighted by Crippen LogP contribution is 2.33. The molecule has 1 aliphatic carbocycles. The van der Waals surface area contributed by atoms with Crippen LogP contribution in [-0.4, -0.2) is 24.5 Å². The normalized spacial score (nSPS) is 18.6. The van der Waals surface area contributed by atoms with Crippen LogP contribution in [0.5, 0.6) is 0 Å². The number of hydrogen-bond acceptors (Lipinski definition) is 4. The van der Waals surface area contributed by atoms with Gasteiger partial charge in [0.1, 0.15) is 11.5 Å². The van der Waals surface area contributed by atoms with Crippen molar-refractivity contribution in [2.75, 3.05) is 0 Å². The standard InChI is InChI=1S/C19H16F3N5O/c20-19(21,22)12-4-5-15-16(9-12)23-17-11(6-7-26(17)18(15)28)8-13-10-27(25-24-13)14-2-1-3-14/h4-5,8-10,14H,1-3,6-7H2. The van der Waals surface area contributed by atoms with Crippen LogP contribution in [0.3, 0.4) is 0 Å². The molecule has 0 atom stereocenters. The maximum atomic E-state index is 13.0. The summed E-state index contributed by atoms with van der Waals surface area (Å²) < 4.78 is 42.4. The Bertz CT molecular complexity index is 1170. The molecule has 2 aromatic heterocycles. The van der Waals surface area contributed by atoms with Gasteiger partial charge in [0.2, 0.25) is 0 Å². The minimum Gasteiger partial charge on any atom is -0.292 e. The molecule has 0 amide bonds. The first kappa shape index (κ1) is 17.2. The lowest BCUT2D eigenvalue weighted by Gasteiger charge is -2.24. The number of rotatable bonds is 2. The van der Waals surface area contributed by atoms with E-state index in [1.54, 1.807) is 0 Å². The highest BCUT2D eigenvalue weighted by molar-refractivity contribution is 5.84. The van der Waals surface area contributed by atoms with Crippen LogP contribution in [0.15, 0.2) is 29.2 Å². The first-order valence-corrected chi connectivity index (χ1v) is 9.15. The molecule has 0 spiro atoms. The largest absolute Gasteiger partial charge is 0.416 e. The zero-order chi connectivity index (χ0) is 19.5. The zero-order valence-corrected chi connectivity index (χ0v) is 14.8. The summed E-state index contributed by atoms with van der Waals surface area (Å²) in [6, 6.07) is 3.44. The minimum absolute atomic E-state index is 0.0528. The Morgan fingerprint density at radius 1 is 1.21 bits per heavy atom. The number of fused-ring (bicyclic) bond motifs is 2. The second kappa shape index (κ2) is 6.02. The second-order valence-corrected chi connectivity index (χ2v) is 7.25. The molecular weight excluding hydrogens is 371 g/mol. The van der Waals surface area contributed by atoms with E-state index in [1.165, 1.54) is 17.1 Å². The summed E-state index contributed by atoms with van der Waals surface area (Å²) >= 11 is 0. The van der Waals surface area contributed by atoms with E-state index in [1.807, 2.05) is 17.0 Å². The Morgan fingerprint density at radius 3 is 2.75 bits per heavy atom. The Hall–Kier alpha value is -2.97. The lowest BCUT2D eigenvalue weighted by atomic mass is 9.93. The molecule has 0 radical (unpaired) electrons. The van der Waals surface area contributed by atoms with Gasteiger partial charge < -0.3 is 0 Å². The third-order valence-electron chi connectivity index (χ3n) is 5.47. The van der Waals surface area contributed by atoms with Gasteiger partial charge in [0, 0.05) is 6.54 Å². The Kier molecular flexibility index (Phi) is 3.68. The van der Waals surface area contributed by atoms with Gasteiger partial charge in [-0.3, -0.25) is 9.36 Å². The number of benzene rings is 1. The molecule has 144 valence electrons. The monoisotopic (exact) mass is 387 g/mol. The number of alkyl halides is 3. The molecule has 2 aliphatic rings. The van der Waals surface area contributed by atoms with Crippen molar-refractivity contribution in [2.45, 2.75) is 44.4 Å². The van der Waals surface area contributed by atoms with Crippen molar-refractivity contribution >= 4 is 22.6 Å². The van der Waals surface area contributed by atoms with Crippen LogP contribution < -0.4 is 5.56 Å². The summed E-state index contributed by atoms with van der Waals surface area (Å²) in [4.78, 5) is 17.1. The summed E-state index contributed by atoms with van der Waals surface area (Å²) in [7, 11) is 0. The summed E-state index contributed by atoms with van der Waals surface area (Å²) in [6.45, 7) is 0.445. The second-order valence-electron chi connectivity index (χ2n) is 7.25. The van der Waals surface area contributed by atoms with E-state index in [0.29, 0.717) is 30.5 Å². The lowest BCUT2D eigenvalue weighted by Crippen LogP contribution is -2.21. The van der Waals surface area contributed by atoms with Gasteiger partial charge in [0.25, 0.3) is 5.56 Å². The van der Waals surface area contributed by atoms with Crippen molar-refractivity contribution in [3.8, 4) is 0 Å². The molecule has 6 nitrogen and oxygen atoms in total. The van der Waals surface area contributed by atoms with Crippen molar-refractivity contribution in [1.29, 1.82) is 0 Å². The van der Waals surface area contributed by atoms with Crippen molar-refractivity contribution < 1.29 is 13.2 Å². The van der Waals surface area contributed by atoms with Crippen LogP contribution in [0, 0.1) is 0 Å². The number of nitrogens with zero attached hydrogens (tertiary/aromatic N) is 5. The first-order valence-electron chi connectivity index (χ1n) is 9.15. The van der Waals surface area contributed by atoms with Crippen molar-refractivity contribution in [2.24, 2.45) is 0 Å². The van der Waals surface area contributed by atoms with E-state index in [9.17, 15) is 18.0 Å². The SMILES string of the molecule is O=c1c2ccc(C(F)(F)F)cc2nc2n1CCC2=Cc1cn(C2CCC2)nn1. The third kappa shape index (κ3) is 2.73. The van der Waals surface area contributed by atoms with E-state index < -0.39 is 11.7 Å². The van der Waals surface area contributed by atoms with Gasteiger partial charge in [0.05, 0.1) is 28.7 Å². The fourth-order valence-corrected chi connectivity index (χ4v) is 3.70. The number of halogens is 3. The van der Waals surface area contributed by atoms with Gasteiger partial charge in [-0.1, -0.05) is 5.21 Å². The maximum absolute atomic E-state index is 13.0. The van der Waals surface area contributed by atoms with E-state index in [2.05, 4.69) is 15.3 Å². The molecule has 3 heterocycles. The molecule has 1 aromatic carbocycles. The molecule has 1 aliphatic heterocycles. The van der Waals surface area contributed by atoms with Crippen LogP contribution in [-0.2, 0) is 12.7 Å². The highest BCUT2D eigenvalue weighted by atomic mass is 19.4. The average Bonchev–Trinajstić information content (AvgIpc) is 3.21. The maximum Gasteiger partial charge on any atom is 0.416 e. The molecule has 0 unspecified atom stereocenters. The smallest absolute Gasteiger partial charge is 0.292 e. The fourth-order valence-electron chi connectivity index (χ4n) is 3.70. The van der Waals surface area contributed by atoms with Crippen LogP contribution in [0.2, 0.25) is 0 Å². The molecule has 0 saturated heterocycles. The van der Waals surface area contributed by atoms with Gasteiger partial charge >= 0.3 is 6.18 Å². The summed E-state index contributed by atoms with van der Waals surface area (Å²) in [5.41, 5.74) is 0.349. The van der Waals surface area contributed by atoms with Gasteiger partial charge in [-0.2, -0.15) is 13.2 Å². The molecule has 9 heteroatoms. The van der Waals surface area contributed by atoms with E-state index in [-0.39, 0.29) is 16.5 Å². The van der Waals surface area contributed by atoms with Crippen LogP contribution in [0.25, 0.3) is 22.6 Å². The van der Waals surface area contributed by atoms with Crippen molar-refractivity contribution in [1.82, 2.24) is 24.5 Å². The van der Waals surface area contributed by atoms with Gasteiger partial charge in [-0.15, -0.1) is 5.10 Å². The summed E-state index contributed by atoms with van der Waals surface area (Å²) in [5.74, 6) is 0.398. The Labute approximate surface area is 157 Å². The molecule has 0 N–H and O–H groups in total. The molecular formula is C19H16F3N5O. The predicted octanol–water partition coefficient (Wildman–Crippen LogP) is 3.68. The Morgan fingerprint density at radius 2 is 2.04 bits per heavy atom. The van der Waals surface area contributed by atoms with Gasteiger partial charge in [-0.05, 0) is 55.5 Å². The highest BCUT2D eigenvalue weighted by Gasteiger charge is 2.31. The quantitative estimate of drug-likeness (QED) is 0.673. The van der Waals surface area contributed by atoms with Gasteiger partial charge in [-0.25, -0.2) is 9.67 Å². The number of hydrogen-bond donors (Lipinski definition) is 0. The third-order valence-corrected chi connectivity index (χ3v) is 5.47. The fraction of sp³-hybridized carbons (Fsp3) is 0.368. The molecule has 1 saturated carbocycles. The summed E-state index contributed by atoms with van der Waals surface area (Å²) in [5, 5.41) is 8.50. The first-order chi connectivity index (χ1) is 13.4. The molecule has 0 bridgehead atoms. The lowest BCUT2D eigenvalue weighted by molar-refractivity contribution is -0.137. The number of allylic oxidation sites excluding steroid dienone is 1. The minimum atomic E-state index is -4.48. The average molecular weight is 387 g/mol. The zero-order valence-electron chi connectivity index (χ0n) is 14.8. The van der Waals surface area contributed by atoms with E-state index in [4.69, 9.17) is 0 Å².